The monoisotopic (exact) mass is 1560 g/mol. The van der Waals surface area contributed by atoms with Gasteiger partial charge in [0.05, 0.1) is 30.2 Å². The van der Waals surface area contributed by atoms with Crippen molar-refractivity contribution in [2.24, 2.45) is 10.2 Å². The molecule has 1 saturated heterocycles. The summed E-state index contributed by atoms with van der Waals surface area (Å²) in [6.45, 7) is 4.13. The summed E-state index contributed by atoms with van der Waals surface area (Å²) in [6, 6.07) is 18.2. The Hall–Kier alpha value is -10.9. The van der Waals surface area contributed by atoms with Crippen LogP contribution in [-0.4, -0.2) is 171 Å². The van der Waals surface area contributed by atoms with Gasteiger partial charge in [-0.15, -0.1) is 0 Å². The van der Waals surface area contributed by atoms with Gasteiger partial charge in [-0.25, -0.2) is 33.4 Å². The summed E-state index contributed by atoms with van der Waals surface area (Å²) in [7, 11) is -17.1. The van der Waals surface area contributed by atoms with E-state index in [-0.39, 0.29) is 108 Å². The van der Waals surface area contributed by atoms with Crippen LogP contribution in [0.5, 0.6) is 5.75 Å². The first-order valence-corrected chi connectivity index (χ1v) is 38.2. The number of allylic oxidation sites excluding steroid dienone is 6. The maximum absolute atomic E-state index is 13.9. The number of nitrogens with zero attached hydrogens (tertiary/aromatic N) is 12. The van der Waals surface area contributed by atoms with Crippen LogP contribution >= 0.6 is 23.5 Å². The number of anilines is 2. The molecule has 39 nitrogen and oxygen atoms in total. The largest absolute Gasteiger partial charge is 0.491 e. The van der Waals surface area contributed by atoms with Gasteiger partial charge in [0.2, 0.25) is 17.7 Å². The average molecular weight is 1560 g/mol. The summed E-state index contributed by atoms with van der Waals surface area (Å²) in [4.78, 5) is 139. The van der Waals surface area contributed by atoms with E-state index in [2.05, 4.69) is 81.6 Å². The van der Waals surface area contributed by atoms with Crippen molar-refractivity contribution < 1.29 is 98.2 Å². The number of amides is 5. The predicted molar refractivity (Wildman–Crippen MR) is 392 cm³/mol. The van der Waals surface area contributed by atoms with Crippen LogP contribution in [-0.2, 0) is 55.4 Å². The number of rotatable bonds is 39. The number of ether oxygens (including phenoxy) is 4. The molecule has 6 atom stereocenters. The third-order valence-electron chi connectivity index (χ3n) is 16.2. The van der Waals surface area contributed by atoms with E-state index in [9.17, 15) is 57.8 Å². The van der Waals surface area contributed by atoms with Crippen molar-refractivity contribution in [3.8, 4) is 29.0 Å². The molecule has 109 heavy (non-hydrogen) atoms. The number of nitrogens with one attached hydrogen (secondary N) is 4. The Morgan fingerprint density at radius 1 is 0.817 bits per heavy atom. The number of phosphoric acid groups is 3. The summed E-state index contributed by atoms with van der Waals surface area (Å²) in [5.74, 6) is 3.88. The standard InChI is InChI=1S/C67H76N17O22P3/c1-3-82(4-2)48-24-22-44-33-50(67(90)104-53(44)35-48)65-78-51-34-46(23-25-52(51)103-65)64(88)74-29-31-83(66(89)43-16-9-6-5-7-10-17-43)30-15-21-56(85)71-26-11-8-12-27-73-63(87)45-18-13-20-49(32-45)98-40-58(79-81-70)99-39-57(86)72-28-14-19-47-37-84(62-60(47)61(68)75-41-76-62)59-36-54(100-42-77-80-69)55(102-59)38-101-108(94,95)106-109(96,97)105-107(91,92)93/h5-7,9-10,13,16-18,20,22-25,32-35,37,41,54-55,58-59H,3-4,8,11-12,15,21,26-31,36,38-40,42H2,1-2H3,(H,71,85)(H,72,86)(H,73,87)(H,74,88)(H,94,95)(H,96,97)(H2,68,75,76)(H2,91,92,93)/b6-5-,7-5?,9-6?,10-7-,16-9?,17-10?,43-16?,43-17?/t54-,55-,58?,59-/m1/s1. The number of hydrogen-bond donors (Lipinski definition) is 9. The molecule has 4 aromatic heterocycles. The Bertz CT molecular complexity index is 4990. The summed E-state index contributed by atoms with van der Waals surface area (Å²) >= 11 is 0. The quantitative estimate of drug-likeness (QED) is 0.00336. The number of nitrogens with two attached hydrogens (primary N) is 1. The minimum absolute atomic E-state index is 0.0176. The first-order valence-electron chi connectivity index (χ1n) is 33.7. The lowest BCUT2D eigenvalue weighted by molar-refractivity contribution is -0.128. The van der Waals surface area contributed by atoms with E-state index in [0.717, 1.165) is 25.1 Å². The van der Waals surface area contributed by atoms with Crippen LogP contribution in [0, 0.1) is 11.8 Å². The van der Waals surface area contributed by atoms with Gasteiger partial charge in [0, 0.05) is 109 Å². The number of unbranched alkanes of at least 4 members (excludes halogenated alkanes) is 2. The molecule has 576 valence electrons. The second-order valence-corrected chi connectivity index (χ2v) is 28.1. The van der Waals surface area contributed by atoms with Crippen molar-refractivity contribution >= 4 is 97.6 Å². The maximum Gasteiger partial charge on any atom is 0.490 e. The Labute approximate surface area is 620 Å². The normalized spacial score (nSPS) is 16.6. The molecule has 2 aliphatic rings. The number of carbonyl (C=O) groups excluding carboxylic acids is 5. The number of phosphoric ester groups is 1. The Morgan fingerprint density at radius 2 is 1.58 bits per heavy atom. The summed E-state index contributed by atoms with van der Waals surface area (Å²) in [6.07, 6.45) is 12.4. The number of aromatic nitrogens is 4. The third-order valence-corrected chi connectivity index (χ3v) is 20.1. The van der Waals surface area contributed by atoms with Crippen molar-refractivity contribution in [2.75, 3.05) is 89.5 Å². The van der Waals surface area contributed by atoms with Crippen molar-refractivity contribution in [3.05, 3.63) is 175 Å². The van der Waals surface area contributed by atoms with Crippen LogP contribution in [0.15, 0.2) is 151 Å². The first-order chi connectivity index (χ1) is 52.3. The molecular weight excluding hydrogens is 1490 g/mol. The molecule has 42 heteroatoms. The molecule has 7 aromatic rings. The van der Waals surface area contributed by atoms with Gasteiger partial charge in [-0.2, -0.15) is 8.62 Å². The van der Waals surface area contributed by atoms with Gasteiger partial charge in [-0.1, -0.05) is 58.5 Å². The van der Waals surface area contributed by atoms with Gasteiger partial charge in [0.1, 0.15) is 72.5 Å². The van der Waals surface area contributed by atoms with E-state index in [0.29, 0.717) is 66.4 Å². The topological polar surface area (TPSA) is 547 Å². The fourth-order valence-electron chi connectivity index (χ4n) is 11.1. The van der Waals surface area contributed by atoms with Gasteiger partial charge in [0.25, 0.3) is 17.7 Å². The van der Waals surface area contributed by atoms with Crippen LogP contribution in [0.3, 0.4) is 0 Å². The van der Waals surface area contributed by atoms with Crippen LogP contribution in [0.4, 0.5) is 11.5 Å². The molecule has 0 bridgehead atoms. The summed E-state index contributed by atoms with van der Waals surface area (Å²) in [5, 5.41) is 19.0. The molecule has 3 aromatic carbocycles. The minimum atomic E-state index is -5.84. The van der Waals surface area contributed by atoms with Crippen molar-refractivity contribution in [2.45, 2.75) is 77.0 Å². The predicted octanol–water partition coefficient (Wildman–Crippen LogP) is 7.92. The lowest BCUT2D eigenvalue weighted by atomic mass is 10.1. The molecule has 1 aliphatic heterocycles. The second kappa shape index (κ2) is 39.3. The lowest BCUT2D eigenvalue weighted by Gasteiger charge is -2.23. The van der Waals surface area contributed by atoms with E-state index in [1.165, 1.54) is 16.8 Å². The number of fused-ring (bicyclic) bond motifs is 3. The molecule has 5 amide bonds. The van der Waals surface area contributed by atoms with Crippen LogP contribution < -0.4 is 42.3 Å². The molecule has 9 rings (SSSR count). The van der Waals surface area contributed by atoms with Gasteiger partial charge in [-0.3, -0.25) is 28.5 Å². The number of carbonyl (C=O) groups is 5. The van der Waals surface area contributed by atoms with Gasteiger partial charge in [0.15, 0.2) is 11.8 Å². The van der Waals surface area contributed by atoms with Gasteiger partial charge < -0.3 is 88.7 Å². The second-order valence-electron chi connectivity index (χ2n) is 23.7. The highest BCUT2D eigenvalue weighted by molar-refractivity contribution is 7.66. The lowest BCUT2D eigenvalue weighted by Crippen LogP contribution is -2.40. The molecular formula is C67H76N17O22P3. The maximum atomic E-state index is 13.9. The van der Waals surface area contributed by atoms with Crippen molar-refractivity contribution in [3.63, 3.8) is 0 Å². The number of benzene rings is 3. The van der Waals surface area contributed by atoms with E-state index >= 15 is 0 Å². The highest BCUT2D eigenvalue weighted by Gasteiger charge is 2.44. The van der Waals surface area contributed by atoms with Gasteiger partial charge >= 0.3 is 29.1 Å². The number of nitrogen functional groups attached to an aromatic ring is 1. The number of azide groups is 2. The van der Waals surface area contributed by atoms with E-state index in [1.54, 1.807) is 83.8 Å². The van der Waals surface area contributed by atoms with E-state index in [1.807, 2.05) is 38.1 Å². The van der Waals surface area contributed by atoms with E-state index in [4.69, 9.17) is 53.4 Å². The SMILES string of the molecule is CCN(CC)c1ccc2cc(-c3nc4cc(C(=O)NCCN(CCCC(=O)NCCCCCNC(=O)c5cccc(OCC(N=[N+]=[N-])OCC(=O)NCC#Cc6cn([C@H]7C[C@@H](OCN=[N+]=[N-])[C@@H](COP(=O)(O)OP(=O)(O)OP(=O)(O)O)O7)c7ncnc(N)c67)c5)C(=O)C5=C/C=C\C=C/C=C5)ccc4o3)c(=O)oc2c1. The van der Waals surface area contributed by atoms with Crippen molar-refractivity contribution in [1.29, 1.82) is 0 Å². The Kier molecular flexibility index (Phi) is 29.6. The van der Waals surface area contributed by atoms with Crippen LogP contribution in [0.1, 0.15) is 84.9 Å². The zero-order chi connectivity index (χ0) is 78.1. The summed E-state index contributed by atoms with van der Waals surface area (Å²) in [5.41, 5.74) is 27.2. The highest BCUT2D eigenvalue weighted by Crippen LogP contribution is 2.66. The highest BCUT2D eigenvalue weighted by atomic mass is 31.3. The van der Waals surface area contributed by atoms with Crippen LogP contribution in [0.25, 0.3) is 65.4 Å². The average Bonchev–Trinajstić information content (AvgIpc) is 1.57. The Morgan fingerprint density at radius 3 is 2.35 bits per heavy atom. The first kappa shape index (κ1) is 82.2. The fourth-order valence-corrected chi connectivity index (χ4v) is 14.2. The van der Waals surface area contributed by atoms with Crippen LogP contribution in [0.2, 0.25) is 0 Å². The number of hydrogen-bond acceptors (Lipinski definition) is 25. The third kappa shape index (κ3) is 24.3. The summed E-state index contributed by atoms with van der Waals surface area (Å²) < 4.78 is 83.7. The molecule has 5 heterocycles. The molecule has 10 N–H and O–H groups in total. The smallest absolute Gasteiger partial charge is 0.490 e. The molecule has 1 aliphatic carbocycles. The molecule has 1 fully saturated rings. The van der Waals surface area contributed by atoms with E-state index < -0.39 is 91.4 Å². The Balaban J connectivity index is 0.674. The fraction of sp³-hybridized carbons (Fsp3) is 0.358. The molecule has 3 unspecified atom stereocenters. The molecule has 0 saturated carbocycles. The minimum Gasteiger partial charge on any atom is -0.491 e. The van der Waals surface area contributed by atoms with Crippen molar-refractivity contribution in [1.82, 2.24) is 45.7 Å². The molecule has 0 radical (unpaired) electrons. The zero-order valence-electron chi connectivity index (χ0n) is 58.5. The molecule has 0 spiro atoms. The van der Waals surface area contributed by atoms with Gasteiger partial charge in [-0.05, 0) is 117 Å². The zero-order valence-corrected chi connectivity index (χ0v) is 61.2. The number of oxazole rings is 1.